The Morgan fingerprint density at radius 1 is 1.19 bits per heavy atom. The molecule has 2 aromatic rings. The number of nitrogens with zero attached hydrogens (tertiary/aromatic N) is 4. The fourth-order valence-electron chi connectivity index (χ4n) is 3.11. The van der Waals surface area contributed by atoms with Gasteiger partial charge < -0.3 is 4.74 Å². The van der Waals surface area contributed by atoms with Crippen molar-refractivity contribution in [3.63, 3.8) is 0 Å². The van der Waals surface area contributed by atoms with Crippen LogP contribution in [-0.4, -0.2) is 102 Å². The maximum absolute atomic E-state index is 13.1. The van der Waals surface area contributed by atoms with Crippen molar-refractivity contribution in [2.24, 2.45) is 0 Å². The van der Waals surface area contributed by atoms with E-state index in [0.717, 1.165) is 29.9 Å². The fraction of sp³-hybridized carbons (Fsp3) is 0.556. The van der Waals surface area contributed by atoms with Crippen LogP contribution in [0.25, 0.3) is 10.2 Å². The van der Waals surface area contributed by atoms with Gasteiger partial charge in [-0.05, 0) is 12.1 Å². The molecule has 32 heavy (non-hydrogen) atoms. The number of hydrogen-bond donors (Lipinski definition) is 0. The van der Waals surface area contributed by atoms with Gasteiger partial charge in [0.25, 0.3) is 0 Å². The molecule has 1 amide bonds. The maximum atomic E-state index is 13.1. The molecule has 10 nitrogen and oxygen atoms in total. The summed E-state index contributed by atoms with van der Waals surface area (Å²) >= 11 is 1.20. The molecule has 0 spiro atoms. The SMILES string of the molecule is CN(CC(=O)N(CCN1CCOCC1)c1nc2c(S(C)(=O)=O)cccc2s1)S(C)(=O)=O.Cl. The summed E-state index contributed by atoms with van der Waals surface area (Å²) in [5.41, 5.74) is 0.311. The van der Waals surface area contributed by atoms with E-state index in [1.165, 1.54) is 29.4 Å². The number of carbonyl (C=O) groups excluding carboxylic acids is 1. The molecule has 1 aliphatic rings. The Balaban J connectivity index is 0.00000363. The number of ether oxygens (including phenoxy) is 1. The van der Waals surface area contributed by atoms with Crippen LogP contribution >= 0.6 is 23.7 Å². The standard InChI is InChI=1S/C18H26N4O6S3.ClH/c1-20(31(3,26)27)13-16(23)22(8-7-21-9-11-28-12-10-21)18-19-17-14(29-18)5-4-6-15(17)30(2,24)25;/h4-6H,7-13H2,1-3H3;1H. The van der Waals surface area contributed by atoms with Gasteiger partial charge in [0.05, 0.1) is 35.6 Å². The molecule has 3 rings (SSSR count). The third kappa shape index (κ3) is 6.59. The number of para-hydroxylation sites is 1. The molecular weight excluding hydrogens is 500 g/mol. The second kappa shape index (κ2) is 10.7. The van der Waals surface area contributed by atoms with Crippen molar-refractivity contribution in [1.29, 1.82) is 0 Å². The van der Waals surface area contributed by atoms with Crippen LogP contribution in [-0.2, 0) is 29.4 Å². The number of morpholine rings is 1. The number of anilines is 1. The third-order valence-electron chi connectivity index (χ3n) is 4.97. The summed E-state index contributed by atoms with van der Waals surface area (Å²) in [5.74, 6) is -0.429. The number of aromatic nitrogens is 1. The number of sulfonamides is 1. The second-order valence-corrected chi connectivity index (χ2v) is 12.5. The molecule has 0 radical (unpaired) electrons. The van der Waals surface area contributed by atoms with E-state index in [1.807, 2.05) is 0 Å². The predicted octanol–water partition coefficient (Wildman–Crippen LogP) is 0.678. The number of rotatable bonds is 8. The molecule has 0 unspecified atom stereocenters. The zero-order valence-corrected chi connectivity index (χ0v) is 21.3. The predicted molar refractivity (Wildman–Crippen MR) is 127 cm³/mol. The summed E-state index contributed by atoms with van der Waals surface area (Å²) in [6, 6.07) is 4.87. The number of halogens is 1. The lowest BCUT2D eigenvalue weighted by Crippen LogP contribution is -2.46. The Morgan fingerprint density at radius 2 is 1.84 bits per heavy atom. The number of sulfone groups is 1. The highest BCUT2D eigenvalue weighted by Gasteiger charge is 2.26. The second-order valence-electron chi connectivity index (χ2n) is 7.39. The van der Waals surface area contributed by atoms with Crippen molar-refractivity contribution in [2.75, 3.05) is 70.4 Å². The summed E-state index contributed by atoms with van der Waals surface area (Å²) in [6.07, 6.45) is 2.15. The first kappa shape index (κ1) is 26.9. The van der Waals surface area contributed by atoms with Gasteiger partial charge in [-0.3, -0.25) is 14.6 Å². The van der Waals surface area contributed by atoms with Gasteiger partial charge in [-0.15, -0.1) is 12.4 Å². The number of benzene rings is 1. The summed E-state index contributed by atoms with van der Waals surface area (Å²) in [7, 11) is -5.70. The molecule has 1 saturated heterocycles. The number of amides is 1. The molecule has 1 fully saturated rings. The zero-order valence-electron chi connectivity index (χ0n) is 18.1. The summed E-state index contributed by atoms with van der Waals surface area (Å²) in [6.45, 7) is 3.23. The van der Waals surface area contributed by atoms with Crippen LogP contribution in [0.2, 0.25) is 0 Å². The normalized spacial score (nSPS) is 15.6. The molecule has 14 heteroatoms. The van der Waals surface area contributed by atoms with E-state index in [1.54, 1.807) is 12.1 Å². The minimum absolute atomic E-state index is 0. The van der Waals surface area contributed by atoms with Crippen LogP contribution in [0.3, 0.4) is 0 Å². The Hall–Kier alpha value is -1.35. The van der Waals surface area contributed by atoms with E-state index >= 15 is 0 Å². The van der Waals surface area contributed by atoms with Crippen LogP contribution in [0.15, 0.2) is 23.1 Å². The lowest BCUT2D eigenvalue weighted by Gasteiger charge is -2.29. The van der Waals surface area contributed by atoms with Gasteiger partial charge in [0.2, 0.25) is 15.9 Å². The molecule has 1 aromatic carbocycles. The first-order valence-electron chi connectivity index (χ1n) is 9.58. The molecule has 1 aliphatic heterocycles. The maximum Gasteiger partial charge on any atom is 0.244 e. The van der Waals surface area contributed by atoms with Crippen molar-refractivity contribution in [1.82, 2.24) is 14.2 Å². The van der Waals surface area contributed by atoms with E-state index < -0.39 is 25.8 Å². The van der Waals surface area contributed by atoms with Gasteiger partial charge in [-0.2, -0.15) is 4.31 Å². The first-order valence-corrected chi connectivity index (χ1v) is 14.1. The third-order valence-corrected chi connectivity index (χ3v) is 8.40. The highest BCUT2D eigenvalue weighted by Crippen LogP contribution is 2.32. The number of likely N-dealkylation sites (N-methyl/N-ethyl adjacent to an activating group) is 1. The lowest BCUT2D eigenvalue weighted by molar-refractivity contribution is -0.118. The zero-order chi connectivity index (χ0) is 22.8. The van der Waals surface area contributed by atoms with Crippen molar-refractivity contribution < 1.29 is 26.4 Å². The Labute approximate surface area is 198 Å². The van der Waals surface area contributed by atoms with E-state index in [9.17, 15) is 21.6 Å². The van der Waals surface area contributed by atoms with Crippen molar-refractivity contribution in [2.45, 2.75) is 4.90 Å². The average Bonchev–Trinajstić information content (AvgIpc) is 3.11. The number of thiazole rings is 1. The van der Waals surface area contributed by atoms with Crippen LogP contribution in [0, 0.1) is 0 Å². The van der Waals surface area contributed by atoms with Crippen LogP contribution in [0.4, 0.5) is 5.13 Å². The van der Waals surface area contributed by atoms with Gasteiger partial charge in [0.15, 0.2) is 15.0 Å². The minimum atomic E-state index is -3.54. The van der Waals surface area contributed by atoms with Crippen molar-refractivity contribution in [3.8, 4) is 0 Å². The Kier molecular flexibility index (Phi) is 9.01. The smallest absolute Gasteiger partial charge is 0.244 e. The highest BCUT2D eigenvalue weighted by atomic mass is 35.5. The molecule has 0 saturated carbocycles. The van der Waals surface area contributed by atoms with E-state index in [4.69, 9.17) is 4.74 Å². The molecule has 0 bridgehead atoms. The van der Waals surface area contributed by atoms with Crippen LogP contribution < -0.4 is 4.90 Å². The summed E-state index contributed by atoms with van der Waals surface area (Å²) in [5, 5.41) is 0.339. The van der Waals surface area contributed by atoms with Gasteiger partial charge >= 0.3 is 0 Å². The van der Waals surface area contributed by atoms with E-state index in [2.05, 4.69) is 9.88 Å². The molecule has 1 aromatic heterocycles. The fourth-order valence-corrected chi connectivity index (χ4v) is 5.39. The molecule has 0 aliphatic carbocycles. The van der Waals surface area contributed by atoms with Gasteiger partial charge in [-0.1, -0.05) is 17.4 Å². The average molecular weight is 527 g/mol. The number of carbonyl (C=O) groups is 1. The van der Waals surface area contributed by atoms with Crippen LogP contribution in [0.1, 0.15) is 0 Å². The topological polar surface area (TPSA) is 117 Å². The van der Waals surface area contributed by atoms with Crippen LogP contribution in [0.5, 0.6) is 0 Å². The molecule has 0 atom stereocenters. The molecule has 2 heterocycles. The molecular formula is C18H27ClN4O6S3. The van der Waals surface area contributed by atoms with Gasteiger partial charge in [0.1, 0.15) is 5.52 Å². The summed E-state index contributed by atoms with van der Waals surface area (Å²) < 4.78 is 54.8. The first-order chi connectivity index (χ1) is 14.5. The molecule has 0 N–H and O–H groups in total. The monoisotopic (exact) mass is 526 g/mol. The lowest BCUT2D eigenvalue weighted by atomic mass is 10.3. The van der Waals surface area contributed by atoms with E-state index in [0.29, 0.717) is 41.7 Å². The highest BCUT2D eigenvalue weighted by molar-refractivity contribution is 7.91. The van der Waals surface area contributed by atoms with Gasteiger partial charge in [-0.25, -0.2) is 21.8 Å². The van der Waals surface area contributed by atoms with Crippen molar-refractivity contribution >= 4 is 64.9 Å². The van der Waals surface area contributed by atoms with Gasteiger partial charge in [0, 0.05) is 39.5 Å². The van der Waals surface area contributed by atoms with Crippen molar-refractivity contribution in [3.05, 3.63) is 18.2 Å². The number of hydrogen-bond acceptors (Lipinski definition) is 9. The Bertz CT molecular complexity index is 1160. The number of fused-ring (bicyclic) bond motifs is 1. The minimum Gasteiger partial charge on any atom is -0.379 e. The largest absolute Gasteiger partial charge is 0.379 e. The quantitative estimate of drug-likeness (QED) is 0.493. The molecule has 180 valence electrons. The summed E-state index contributed by atoms with van der Waals surface area (Å²) in [4.78, 5) is 21.2. The Morgan fingerprint density at radius 3 is 2.44 bits per heavy atom. The van der Waals surface area contributed by atoms with E-state index in [-0.39, 0.29) is 23.8 Å².